The molecule has 1 aliphatic rings. The molecule has 0 bridgehead atoms. The highest BCUT2D eigenvalue weighted by molar-refractivity contribution is 6.30. The van der Waals surface area contributed by atoms with E-state index < -0.39 is 0 Å². The molecule has 1 N–H and O–H groups in total. The Hall–Kier alpha value is -2.37. The Morgan fingerprint density at radius 3 is 2.67 bits per heavy atom. The number of carbonyl (C=O) groups excluding carboxylic acids is 2. The topological polar surface area (TPSA) is 58.6 Å². The van der Waals surface area contributed by atoms with Crippen molar-refractivity contribution in [2.45, 2.75) is 25.9 Å². The van der Waals surface area contributed by atoms with E-state index in [1.165, 1.54) is 5.56 Å². The number of rotatable bonds is 5. The van der Waals surface area contributed by atoms with Crippen molar-refractivity contribution < 1.29 is 14.3 Å². The van der Waals surface area contributed by atoms with Crippen molar-refractivity contribution >= 4 is 29.1 Å². The van der Waals surface area contributed by atoms with Crippen molar-refractivity contribution in [3.8, 4) is 0 Å². The Morgan fingerprint density at radius 1 is 1.26 bits per heavy atom. The van der Waals surface area contributed by atoms with Crippen molar-refractivity contribution in [1.82, 2.24) is 5.32 Å². The Morgan fingerprint density at radius 2 is 2.00 bits per heavy atom. The van der Waals surface area contributed by atoms with Crippen LogP contribution in [0.1, 0.15) is 35.7 Å². The van der Waals surface area contributed by atoms with Crippen LogP contribution in [-0.2, 0) is 9.53 Å². The summed E-state index contributed by atoms with van der Waals surface area (Å²) in [6, 6.07) is 14.8. The molecule has 1 unspecified atom stereocenters. The first-order valence-corrected chi connectivity index (χ1v) is 9.37. The van der Waals surface area contributed by atoms with Crippen LogP contribution in [0, 0.1) is 0 Å². The molecule has 0 saturated carbocycles. The zero-order valence-corrected chi connectivity index (χ0v) is 16.2. The summed E-state index contributed by atoms with van der Waals surface area (Å²) in [4.78, 5) is 26.2. The number of halogens is 1. The van der Waals surface area contributed by atoms with Crippen molar-refractivity contribution in [2.75, 3.05) is 24.6 Å². The third kappa shape index (κ3) is 4.87. The quantitative estimate of drug-likeness (QED) is 0.853. The van der Waals surface area contributed by atoms with Crippen LogP contribution >= 0.6 is 11.6 Å². The van der Waals surface area contributed by atoms with Gasteiger partial charge in [0.15, 0.2) is 0 Å². The van der Waals surface area contributed by atoms with Crippen LogP contribution in [0.4, 0.5) is 5.69 Å². The minimum Gasteiger partial charge on any atom is -0.365 e. The van der Waals surface area contributed by atoms with E-state index >= 15 is 0 Å². The van der Waals surface area contributed by atoms with E-state index in [0.717, 1.165) is 5.69 Å². The van der Waals surface area contributed by atoms with Gasteiger partial charge < -0.3 is 15.0 Å². The molecule has 142 valence electrons. The van der Waals surface area contributed by atoms with Crippen LogP contribution in [0.15, 0.2) is 48.5 Å². The van der Waals surface area contributed by atoms with Gasteiger partial charge >= 0.3 is 0 Å². The molecule has 27 heavy (non-hydrogen) atoms. The van der Waals surface area contributed by atoms with Gasteiger partial charge in [-0.1, -0.05) is 43.6 Å². The molecule has 0 aromatic heterocycles. The van der Waals surface area contributed by atoms with E-state index in [4.69, 9.17) is 16.3 Å². The summed E-state index contributed by atoms with van der Waals surface area (Å²) in [5.74, 6) is 0.143. The molecule has 0 radical (unpaired) electrons. The van der Waals surface area contributed by atoms with Crippen LogP contribution in [0.2, 0.25) is 5.02 Å². The first kappa shape index (κ1) is 19.4. The van der Waals surface area contributed by atoms with E-state index in [1.807, 2.05) is 24.3 Å². The molecule has 2 amide bonds. The van der Waals surface area contributed by atoms with Crippen LogP contribution in [0.5, 0.6) is 0 Å². The van der Waals surface area contributed by atoms with E-state index in [2.05, 4.69) is 19.2 Å². The molecule has 1 atom stereocenters. The lowest BCUT2D eigenvalue weighted by Crippen LogP contribution is -2.50. The van der Waals surface area contributed by atoms with Gasteiger partial charge in [-0.15, -0.1) is 0 Å². The van der Waals surface area contributed by atoms with E-state index in [9.17, 15) is 9.59 Å². The Kier molecular flexibility index (Phi) is 6.14. The maximum Gasteiger partial charge on any atom is 0.253 e. The molecule has 2 aromatic carbocycles. The van der Waals surface area contributed by atoms with Gasteiger partial charge in [-0.05, 0) is 41.8 Å². The molecular weight excluding hydrogens is 364 g/mol. The second kappa shape index (κ2) is 8.55. The van der Waals surface area contributed by atoms with Gasteiger partial charge in [-0.25, -0.2) is 0 Å². The number of ether oxygens (including phenoxy) is 1. The first-order chi connectivity index (χ1) is 12.9. The number of benzene rings is 2. The van der Waals surface area contributed by atoms with Crippen molar-refractivity contribution in [1.29, 1.82) is 0 Å². The zero-order valence-electron chi connectivity index (χ0n) is 15.4. The Balaban J connectivity index is 1.61. The number of hydrogen-bond acceptors (Lipinski definition) is 3. The number of amides is 2. The zero-order chi connectivity index (χ0) is 19.4. The van der Waals surface area contributed by atoms with Gasteiger partial charge in [0, 0.05) is 22.8 Å². The minimum atomic E-state index is -0.268. The summed E-state index contributed by atoms with van der Waals surface area (Å²) < 4.78 is 5.58. The summed E-state index contributed by atoms with van der Waals surface area (Å²) in [5, 5.41) is 3.36. The second-order valence-electron chi connectivity index (χ2n) is 6.90. The van der Waals surface area contributed by atoms with Gasteiger partial charge in [0.1, 0.15) is 6.61 Å². The fourth-order valence-corrected chi connectivity index (χ4v) is 3.17. The molecule has 1 aliphatic heterocycles. The summed E-state index contributed by atoms with van der Waals surface area (Å²) in [6.07, 6.45) is -0.268. The molecule has 5 nitrogen and oxygen atoms in total. The van der Waals surface area contributed by atoms with Gasteiger partial charge in [0.05, 0.1) is 12.6 Å². The fourth-order valence-electron chi connectivity index (χ4n) is 2.98. The van der Waals surface area contributed by atoms with Crippen LogP contribution in [0.25, 0.3) is 0 Å². The highest BCUT2D eigenvalue weighted by Gasteiger charge is 2.27. The highest BCUT2D eigenvalue weighted by atomic mass is 35.5. The number of nitrogens with zero attached hydrogens (tertiary/aromatic N) is 1. The van der Waals surface area contributed by atoms with Gasteiger partial charge in [-0.3, -0.25) is 9.59 Å². The molecule has 3 rings (SSSR count). The molecule has 2 aromatic rings. The molecule has 1 heterocycles. The average Bonchev–Trinajstić information content (AvgIpc) is 2.67. The van der Waals surface area contributed by atoms with E-state index in [0.29, 0.717) is 29.6 Å². The Bertz CT molecular complexity index is 820. The average molecular weight is 387 g/mol. The third-order valence-corrected chi connectivity index (χ3v) is 4.81. The van der Waals surface area contributed by atoms with Gasteiger partial charge in [0.2, 0.25) is 0 Å². The third-order valence-electron chi connectivity index (χ3n) is 4.58. The monoisotopic (exact) mass is 386 g/mol. The summed E-state index contributed by atoms with van der Waals surface area (Å²) >= 11 is 5.92. The lowest BCUT2D eigenvalue weighted by atomic mass is 10.0. The van der Waals surface area contributed by atoms with Gasteiger partial charge in [0.25, 0.3) is 11.8 Å². The summed E-state index contributed by atoms with van der Waals surface area (Å²) in [6.45, 7) is 4.99. The molecule has 6 heteroatoms. The standard InChI is InChI=1S/C21H23ClN2O3/c1-14(2)15-6-8-18(9-7-15)24-12-19(27-13-20(24)25)11-23-21(26)16-4-3-5-17(22)10-16/h3-10,14,19H,11-13H2,1-2H3,(H,23,26). The summed E-state index contributed by atoms with van der Waals surface area (Å²) in [7, 11) is 0. The number of anilines is 1. The maximum absolute atomic E-state index is 12.3. The largest absolute Gasteiger partial charge is 0.365 e. The van der Waals surface area contributed by atoms with Gasteiger partial charge in [-0.2, -0.15) is 0 Å². The minimum absolute atomic E-state index is 0.00361. The molecule has 1 saturated heterocycles. The predicted molar refractivity (Wildman–Crippen MR) is 106 cm³/mol. The Labute approximate surface area is 164 Å². The van der Waals surface area contributed by atoms with Crippen molar-refractivity contribution in [3.63, 3.8) is 0 Å². The predicted octanol–water partition coefficient (Wildman–Crippen LogP) is 3.63. The van der Waals surface area contributed by atoms with E-state index in [1.54, 1.807) is 29.2 Å². The molecule has 0 spiro atoms. The second-order valence-corrected chi connectivity index (χ2v) is 7.34. The summed E-state index contributed by atoms with van der Waals surface area (Å²) in [5.41, 5.74) is 2.57. The lowest BCUT2D eigenvalue weighted by Gasteiger charge is -2.33. The maximum atomic E-state index is 12.3. The number of hydrogen-bond donors (Lipinski definition) is 1. The number of nitrogens with one attached hydrogen (secondary N) is 1. The first-order valence-electron chi connectivity index (χ1n) is 8.99. The molecule has 0 aliphatic carbocycles. The highest BCUT2D eigenvalue weighted by Crippen LogP contribution is 2.22. The smallest absolute Gasteiger partial charge is 0.253 e. The molecule has 1 fully saturated rings. The molecular formula is C21H23ClN2O3. The SMILES string of the molecule is CC(C)c1ccc(N2CC(CNC(=O)c3cccc(Cl)c3)OCC2=O)cc1. The number of carbonyl (C=O) groups is 2. The van der Waals surface area contributed by atoms with Crippen molar-refractivity contribution in [3.05, 3.63) is 64.7 Å². The van der Waals surface area contributed by atoms with E-state index in [-0.39, 0.29) is 24.5 Å². The van der Waals surface area contributed by atoms with Crippen LogP contribution in [0.3, 0.4) is 0 Å². The van der Waals surface area contributed by atoms with Crippen molar-refractivity contribution in [2.24, 2.45) is 0 Å². The van der Waals surface area contributed by atoms with Crippen LogP contribution in [-0.4, -0.2) is 37.6 Å². The number of morpholine rings is 1. The lowest BCUT2D eigenvalue weighted by molar-refractivity contribution is -0.129. The normalized spacial score (nSPS) is 17.3. The van der Waals surface area contributed by atoms with Crippen LogP contribution < -0.4 is 10.2 Å². The fraction of sp³-hybridized carbons (Fsp3) is 0.333.